The van der Waals surface area contributed by atoms with Crippen LogP contribution < -0.4 is 5.32 Å². The minimum Gasteiger partial charge on any atom is -0.320 e. The number of aryl methyl sites for hydroxylation is 4. The zero-order valence-electron chi connectivity index (χ0n) is 16.2. The first-order chi connectivity index (χ1) is 14.3. The Labute approximate surface area is 170 Å². The lowest BCUT2D eigenvalue weighted by Gasteiger charge is -2.15. The van der Waals surface area contributed by atoms with Crippen LogP contribution in [0.3, 0.4) is 0 Å². The van der Waals surface area contributed by atoms with Gasteiger partial charge in [-0.05, 0) is 66.1 Å². The second-order valence-electron chi connectivity index (χ2n) is 7.64. The summed E-state index contributed by atoms with van der Waals surface area (Å²) in [6.45, 7) is 0. The number of pyridine rings is 1. The van der Waals surface area contributed by atoms with Crippen LogP contribution in [0, 0.1) is 0 Å². The molecule has 0 spiro atoms. The van der Waals surface area contributed by atoms with E-state index in [9.17, 15) is 4.79 Å². The number of anilines is 1. The first kappa shape index (κ1) is 17.6. The lowest BCUT2D eigenvalue weighted by atomic mass is 9.93. The lowest BCUT2D eigenvalue weighted by Crippen LogP contribution is -2.16. The van der Waals surface area contributed by atoms with Crippen molar-refractivity contribution < 1.29 is 4.79 Å². The Morgan fingerprint density at radius 3 is 2.28 bits per heavy atom. The van der Waals surface area contributed by atoms with E-state index < -0.39 is 0 Å². The van der Waals surface area contributed by atoms with Crippen molar-refractivity contribution in [2.24, 2.45) is 0 Å². The van der Waals surface area contributed by atoms with Gasteiger partial charge in [-0.25, -0.2) is 0 Å². The molecule has 142 valence electrons. The number of aromatic nitrogens is 1. The molecule has 0 unspecified atom stereocenters. The molecular weight excluding hydrogens is 356 g/mol. The average molecular weight is 378 g/mol. The highest BCUT2D eigenvalue weighted by molar-refractivity contribution is 6.09. The summed E-state index contributed by atoms with van der Waals surface area (Å²) in [5, 5.41) is 4.13. The fourth-order valence-electron chi connectivity index (χ4n) is 4.04. The van der Waals surface area contributed by atoms with Crippen molar-refractivity contribution in [1.82, 2.24) is 4.98 Å². The summed E-state index contributed by atoms with van der Waals surface area (Å²) in [5.41, 5.74) is 7.26. The summed E-state index contributed by atoms with van der Waals surface area (Å²) in [6.07, 6.45) is 5.43. The Hall–Kier alpha value is -3.46. The molecule has 0 radical (unpaired) electrons. The fourth-order valence-corrected chi connectivity index (χ4v) is 4.04. The van der Waals surface area contributed by atoms with E-state index in [1.807, 2.05) is 30.3 Å². The number of nitrogens with zero attached hydrogens (tertiary/aromatic N) is 1. The largest absolute Gasteiger partial charge is 0.320 e. The van der Waals surface area contributed by atoms with Gasteiger partial charge in [-0.2, -0.15) is 0 Å². The zero-order valence-corrected chi connectivity index (χ0v) is 16.2. The van der Waals surface area contributed by atoms with Gasteiger partial charge < -0.3 is 5.32 Å². The number of para-hydroxylation sites is 1. The Kier molecular flexibility index (Phi) is 4.57. The number of hydrogen-bond acceptors (Lipinski definition) is 2. The van der Waals surface area contributed by atoms with E-state index in [4.69, 9.17) is 0 Å². The van der Waals surface area contributed by atoms with Gasteiger partial charge in [-0.15, -0.1) is 0 Å². The summed E-state index contributed by atoms with van der Waals surface area (Å²) in [5.74, 6) is -0.0639. The van der Waals surface area contributed by atoms with Crippen LogP contribution in [0.2, 0.25) is 0 Å². The number of amides is 1. The van der Waals surface area contributed by atoms with Crippen LogP contribution in [-0.4, -0.2) is 10.9 Å². The van der Waals surface area contributed by atoms with Crippen molar-refractivity contribution in [2.45, 2.75) is 25.7 Å². The van der Waals surface area contributed by atoms with Crippen molar-refractivity contribution in [1.29, 1.82) is 0 Å². The van der Waals surface area contributed by atoms with Gasteiger partial charge in [0.25, 0.3) is 5.91 Å². The van der Waals surface area contributed by atoms with E-state index in [2.05, 4.69) is 52.8 Å². The quantitative estimate of drug-likeness (QED) is 0.509. The van der Waals surface area contributed by atoms with Crippen molar-refractivity contribution >= 4 is 22.5 Å². The van der Waals surface area contributed by atoms with E-state index in [1.54, 1.807) is 6.20 Å². The number of hydrogen-bond donors (Lipinski definition) is 1. The molecule has 4 aliphatic rings. The maximum atomic E-state index is 13.3. The summed E-state index contributed by atoms with van der Waals surface area (Å²) >= 11 is 0. The molecule has 3 heteroatoms. The standard InChI is InChI=1S/C26H22N2O/c29-26(28-24-5-1-3-22-4-2-16-27-25(22)24)23-17-20-11-10-18-6-8-19(9-7-18)12-14-21(23)15-13-20/h1-9,13,15-17H,10-12,14H2,(H,28,29). The molecule has 4 bridgehead atoms. The SMILES string of the molecule is O=C(Nc1cccc2cccnc12)c1cc2ccc1CCc1ccc(cc1)CC2. The van der Waals surface area contributed by atoms with Crippen molar-refractivity contribution in [3.05, 3.63) is 107 Å². The molecule has 0 saturated heterocycles. The lowest BCUT2D eigenvalue weighted by molar-refractivity contribution is 0.102. The maximum Gasteiger partial charge on any atom is 0.256 e. The molecular formula is C26H22N2O. The number of rotatable bonds is 2. The molecule has 1 amide bonds. The number of carbonyl (C=O) groups excluding carboxylic acids is 1. The van der Waals surface area contributed by atoms with Crippen LogP contribution in [0.25, 0.3) is 10.9 Å². The van der Waals surface area contributed by atoms with E-state index in [0.717, 1.165) is 53.4 Å². The molecule has 29 heavy (non-hydrogen) atoms. The Balaban J connectivity index is 1.49. The molecule has 4 aliphatic carbocycles. The molecule has 1 N–H and O–H groups in total. The highest BCUT2D eigenvalue weighted by Gasteiger charge is 2.15. The second kappa shape index (κ2) is 7.51. The van der Waals surface area contributed by atoms with Gasteiger partial charge in [0.1, 0.15) is 0 Å². The minimum atomic E-state index is -0.0639. The summed E-state index contributed by atoms with van der Waals surface area (Å²) in [7, 11) is 0. The van der Waals surface area contributed by atoms with E-state index in [-0.39, 0.29) is 5.91 Å². The maximum absolute atomic E-state index is 13.3. The van der Waals surface area contributed by atoms with Gasteiger partial charge >= 0.3 is 0 Å². The highest BCUT2D eigenvalue weighted by Crippen LogP contribution is 2.24. The van der Waals surface area contributed by atoms with Crippen LogP contribution in [0.4, 0.5) is 5.69 Å². The third kappa shape index (κ3) is 3.64. The van der Waals surface area contributed by atoms with E-state index >= 15 is 0 Å². The monoisotopic (exact) mass is 378 g/mol. The van der Waals surface area contributed by atoms with Crippen LogP contribution in [-0.2, 0) is 25.7 Å². The van der Waals surface area contributed by atoms with Gasteiger partial charge in [0.15, 0.2) is 0 Å². The number of benzene rings is 3. The molecule has 0 atom stereocenters. The predicted octanol–water partition coefficient (Wildman–Crippen LogP) is 5.37. The van der Waals surface area contributed by atoms with Crippen molar-refractivity contribution in [2.75, 3.05) is 5.32 Å². The fraction of sp³-hybridized carbons (Fsp3) is 0.154. The summed E-state index contributed by atoms with van der Waals surface area (Å²) < 4.78 is 0. The van der Waals surface area contributed by atoms with E-state index in [1.165, 1.54) is 16.7 Å². The molecule has 1 heterocycles. The number of nitrogens with one attached hydrogen (secondary N) is 1. The van der Waals surface area contributed by atoms with Crippen LogP contribution in [0.5, 0.6) is 0 Å². The second-order valence-corrected chi connectivity index (χ2v) is 7.64. The summed E-state index contributed by atoms with van der Waals surface area (Å²) in [6, 6.07) is 25.0. The number of fused-ring (bicyclic) bond motifs is 1. The van der Waals surface area contributed by atoms with E-state index in [0.29, 0.717) is 0 Å². The smallest absolute Gasteiger partial charge is 0.256 e. The van der Waals surface area contributed by atoms with Gasteiger partial charge in [0.2, 0.25) is 0 Å². The first-order valence-electron chi connectivity index (χ1n) is 10.1. The number of carbonyl (C=O) groups is 1. The van der Waals surface area contributed by atoms with Gasteiger partial charge in [0.05, 0.1) is 11.2 Å². The normalized spacial score (nSPS) is 13.1. The molecule has 3 aromatic carbocycles. The molecule has 0 fully saturated rings. The zero-order chi connectivity index (χ0) is 19.6. The Morgan fingerprint density at radius 2 is 1.45 bits per heavy atom. The Bertz CT molecular complexity index is 1190. The van der Waals surface area contributed by atoms with Crippen molar-refractivity contribution in [3.8, 4) is 0 Å². The molecule has 3 nitrogen and oxygen atoms in total. The van der Waals surface area contributed by atoms with Crippen LogP contribution in [0.15, 0.2) is 79.0 Å². The van der Waals surface area contributed by atoms with Gasteiger partial charge in [-0.1, -0.05) is 54.6 Å². The topological polar surface area (TPSA) is 42.0 Å². The average Bonchev–Trinajstić information content (AvgIpc) is 2.76. The highest BCUT2D eigenvalue weighted by atomic mass is 16.1. The molecule has 4 aromatic rings. The molecule has 0 aliphatic heterocycles. The minimum absolute atomic E-state index is 0.0639. The van der Waals surface area contributed by atoms with Gasteiger partial charge in [-0.3, -0.25) is 9.78 Å². The predicted molar refractivity (Wildman–Crippen MR) is 117 cm³/mol. The molecule has 8 rings (SSSR count). The third-order valence-electron chi connectivity index (χ3n) is 5.71. The molecule has 0 saturated carbocycles. The van der Waals surface area contributed by atoms with Crippen LogP contribution >= 0.6 is 0 Å². The Morgan fingerprint density at radius 1 is 0.759 bits per heavy atom. The summed E-state index contributed by atoms with van der Waals surface area (Å²) in [4.78, 5) is 17.7. The molecule has 1 aromatic heterocycles. The van der Waals surface area contributed by atoms with Crippen molar-refractivity contribution in [3.63, 3.8) is 0 Å². The first-order valence-corrected chi connectivity index (χ1v) is 10.1. The van der Waals surface area contributed by atoms with Gasteiger partial charge in [0, 0.05) is 17.1 Å². The third-order valence-corrected chi connectivity index (χ3v) is 5.71. The van der Waals surface area contributed by atoms with Crippen LogP contribution in [0.1, 0.15) is 32.6 Å².